The molecule has 3 atom stereocenters. The highest BCUT2D eigenvalue weighted by molar-refractivity contribution is 7.45. The van der Waals surface area contributed by atoms with Gasteiger partial charge in [-0.05, 0) is 19.3 Å². The van der Waals surface area contributed by atoms with Gasteiger partial charge in [-0.25, -0.2) is 0 Å². The maximum absolute atomic E-state index is 13.0. The molecule has 1 amide bonds. The maximum atomic E-state index is 13.0. The number of allylic oxidation sites excluding steroid dienone is 1. The van der Waals surface area contributed by atoms with Crippen LogP contribution in [0.5, 0.6) is 0 Å². The lowest BCUT2D eigenvalue weighted by atomic mass is 10.0. The summed E-state index contributed by atoms with van der Waals surface area (Å²) in [6.45, 7) is 4.72. The van der Waals surface area contributed by atoms with Crippen LogP contribution >= 0.6 is 7.82 Å². The van der Waals surface area contributed by atoms with Gasteiger partial charge in [-0.3, -0.25) is 9.36 Å². The molecule has 0 saturated heterocycles. The van der Waals surface area contributed by atoms with Crippen molar-refractivity contribution in [3.8, 4) is 0 Å². The molecule has 0 aliphatic carbocycles. The van der Waals surface area contributed by atoms with Gasteiger partial charge in [0, 0.05) is 6.42 Å². The van der Waals surface area contributed by atoms with E-state index in [4.69, 9.17) is 9.05 Å². The van der Waals surface area contributed by atoms with E-state index >= 15 is 0 Å². The van der Waals surface area contributed by atoms with Crippen molar-refractivity contribution < 1.29 is 32.9 Å². The summed E-state index contributed by atoms with van der Waals surface area (Å²) in [7, 11) is 1.28. The predicted octanol–water partition coefficient (Wildman–Crippen LogP) is 21.1. The van der Waals surface area contributed by atoms with Crippen LogP contribution in [0.25, 0.3) is 0 Å². The Hall–Kier alpha value is -0.760. The van der Waals surface area contributed by atoms with Gasteiger partial charge in [0.05, 0.1) is 39.9 Å². The van der Waals surface area contributed by atoms with E-state index in [-0.39, 0.29) is 19.1 Å². The second-order valence-electron chi connectivity index (χ2n) is 25.3. The summed E-state index contributed by atoms with van der Waals surface area (Å²) in [4.78, 5) is 25.6. The first kappa shape index (κ1) is 76.2. The fourth-order valence-corrected chi connectivity index (χ4v) is 11.6. The Morgan fingerprint density at radius 1 is 0.442 bits per heavy atom. The maximum Gasteiger partial charge on any atom is 0.268 e. The summed E-state index contributed by atoms with van der Waals surface area (Å²) in [5.41, 5.74) is 0. The molecule has 0 aromatic heterocycles. The number of nitrogens with one attached hydrogen (secondary N) is 1. The molecule has 460 valence electrons. The number of rotatable bonds is 65. The summed E-state index contributed by atoms with van der Waals surface area (Å²) in [5.74, 6) is -0.187. The molecule has 0 fully saturated rings. The largest absolute Gasteiger partial charge is 0.756 e. The highest BCUT2D eigenvalue weighted by atomic mass is 31.2. The molecule has 0 aromatic rings. The molecule has 0 aliphatic rings. The smallest absolute Gasteiger partial charge is 0.268 e. The molecule has 9 heteroatoms. The van der Waals surface area contributed by atoms with E-state index in [1.807, 2.05) is 27.2 Å². The molecule has 0 aliphatic heterocycles. The zero-order chi connectivity index (χ0) is 56.3. The van der Waals surface area contributed by atoms with E-state index in [1.165, 1.54) is 308 Å². The van der Waals surface area contributed by atoms with Gasteiger partial charge in [-0.2, -0.15) is 0 Å². The molecule has 0 bridgehead atoms. The number of unbranched alkanes of at least 4 members (excludes halogenated alkanes) is 52. The van der Waals surface area contributed by atoms with Crippen LogP contribution in [-0.2, 0) is 18.4 Å². The zero-order valence-corrected chi connectivity index (χ0v) is 53.6. The van der Waals surface area contributed by atoms with Gasteiger partial charge in [0.1, 0.15) is 13.2 Å². The van der Waals surface area contributed by atoms with E-state index < -0.39 is 20.0 Å². The molecule has 0 aromatic carbocycles. The zero-order valence-electron chi connectivity index (χ0n) is 52.7. The van der Waals surface area contributed by atoms with E-state index in [0.29, 0.717) is 17.4 Å². The van der Waals surface area contributed by atoms with Crippen LogP contribution < -0.4 is 10.2 Å². The first-order valence-corrected chi connectivity index (χ1v) is 36.0. The van der Waals surface area contributed by atoms with Crippen LogP contribution in [0, 0.1) is 0 Å². The minimum Gasteiger partial charge on any atom is -0.756 e. The fraction of sp³-hybridized carbons (Fsp3) is 0.956. The monoisotopic (exact) mass is 1110 g/mol. The number of nitrogens with zero attached hydrogens (tertiary/aromatic N) is 1. The average molecular weight is 1110 g/mol. The normalized spacial score (nSPS) is 13.7. The van der Waals surface area contributed by atoms with Crippen molar-refractivity contribution in [1.29, 1.82) is 0 Å². The lowest BCUT2D eigenvalue weighted by Gasteiger charge is -2.29. The van der Waals surface area contributed by atoms with Crippen molar-refractivity contribution in [2.24, 2.45) is 0 Å². The summed E-state index contributed by atoms with van der Waals surface area (Å²) >= 11 is 0. The van der Waals surface area contributed by atoms with Crippen molar-refractivity contribution >= 4 is 13.7 Å². The molecule has 8 nitrogen and oxygen atoms in total. The van der Waals surface area contributed by atoms with E-state index in [2.05, 4.69) is 19.2 Å². The van der Waals surface area contributed by atoms with Crippen LogP contribution in [0.2, 0.25) is 0 Å². The van der Waals surface area contributed by atoms with Crippen LogP contribution in [0.4, 0.5) is 0 Å². The minimum absolute atomic E-state index is 0.00300. The highest BCUT2D eigenvalue weighted by Crippen LogP contribution is 2.38. The summed E-state index contributed by atoms with van der Waals surface area (Å²) in [6.07, 6.45) is 76.2. The van der Waals surface area contributed by atoms with E-state index in [9.17, 15) is 19.4 Å². The molecule has 0 saturated carbocycles. The molecule has 0 rings (SSSR count). The second kappa shape index (κ2) is 59.8. The standard InChI is InChI=1S/C68H137N2O6P/c1-6-8-10-12-14-16-18-20-22-24-26-28-30-32-34-35-36-37-39-41-43-45-47-49-51-53-55-57-59-61-67(71)66(65-76-77(73,74)75-64-63-70(3,4)5)69-68(72)62-60-58-56-54-52-50-48-46-44-42-40-38-33-31-29-27-25-23-21-19-17-15-13-11-9-7-2/h59,61,66-67,71H,6-58,60,62-65H2,1-5H3,(H-,69,72,73,74)/b61-59+. The molecule has 3 unspecified atom stereocenters. The van der Waals surface area contributed by atoms with Crippen molar-refractivity contribution in [2.75, 3.05) is 40.9 Å². The summed E-state index contributed by atoms with van der Waals surface area (Å²) in [6, 6.07) is -0.883. The third-order valence-corrected chi connectivity index (χ3v) is 17.2. The number of phosphoric acid groups is 1. The minimum atomic E-state index is -4.60. The molecule has 0 spiro atoms. The average Bonchev–Trinajstić information content (AvgIpc) is 3.39. The Bertz CT molecular complexity index is 1260. The van der Waals surface area contributed by atoms with Gasteiger partial charge in [0.15, 0.2) is 0 Å². The lowest BCUT2D eigenvalue weighted by molar-refractivity contribution is -0.870. The van der Waals surface area contributed by atoms with Crippen LogP contribution in [0.1, 0.15) is 367 Å². The number of phosphoric ester groups is 1. The second-order valence-corrected chi connectivity index (χ2v) is 26.7. The van der Waals surface area contributed by atoms with Crippen LogP contribution in [0.15, 0.2) is 12.2 Å². The highest BCUT2D eigenvalue weighted by Gasteiger charge is 2.23. The Kier molecular flexibility index (Phi) is 59.3. The first-order chi connectivity index (χ1) is 37.5. The molecular formula is C68H137N2O6P. The Morgan fingerprint density at radius 3 is 0.974 bits per heavy atom. The molecule has 0 heterocycles. The van der Waals surface area contributed by atoms with Gasteiger partial charge in [-0.1, -0.05) is 353 Å². The molecule has 77 heavy (non-hydrogen) atoms. The van der Waals surface area contributed by atoms with Crippen LogP contribution in [0.3, 0.4) is 0 Å². The Balaban J connectivity index is 4.04. The lowest BCUT2D eigenvalue weighted by Crippen LogP contribution is -2.45. The number of hydrogen-bond acceptors (Lipinski definition) is 6. The Labute approximate surface area is 482 Å². The van der Waals surface area contributed by atoms with Crippen molar-refractivity contribution in [3.63, 3.8) is 0 Å². The molecule has 0 radical (unpaired) electrons. The van der Waals surface area contributed by atoms with Gasteiger partial charge in [-0.15, -0.1) is 0 Å². The van der Waals surface area contributed by atoms with E-state index in [1.54, 1.807) is 6.08 Å². The number of carbonyl (C=O) groups is 1. The van der Waals surface area contributed by atoms with Gasteiger partial charge >= 0.3 is 0 Å². The third kappa shape index (κ3) is 62.7. The number of carbonyl (C=O) groups excluding carboxylic acids is 1. The topological polar surface area (TPSA) is 108 Å². The number of amides is 1. The predicted molar refractivity (Wildman–Crippen MR) is 335 cm³/mol. The SMILES string of the molecule is CCCCCCCCCCCCCCCCCCCCCCCCCCCCC/C=C/C(O)C(COP(=O)([O-])OCC[N+](C)(C)C)NC(=O)CCCCCCCCCCCCCCCCCCCCCCCCCCCC. The fourth-order valence-electron chi connectivity index (χ4n) is 10.9. The van der Waals surface area contributed by atoms with Gasteiger partial charge in [0.2, 0.25) is 5.91 Å². The Morgan fingerprint density at radius 2 is 0.701 bits per heavy atom. The summed E-state index contributed by atoms with van der Waals surface area (Å²) < 4.78 is 23.5. The first-order valence-electron chi connectivity index (χ1n) is 34.6. The van der Waals surface area contributed by atoms with E-state index in [0.717, 1.165) is 38.5 Å². The quantitative estimate of drug-likeness (QED) is 0.0272. The summed E-state index contributed by atoms with van der Waals surface area (Å²) in [5, 5.41) is 14.0. The molecule has 2 N–H and O–H groups in total. The van der Waals surface area contributed by atoms with Crippen molar-refractivity contribution in [3.05, 3.63) is 12.2 Å². The van der Waals surface area contributed by atoms with Crippen molar-refractivity contribution in [2.45, 2.75) is 379 Å². The van der Waals surface area contributed by atoms with Crippen molar-refractivity contribution in [1.82, 2.24) is 5.32 Å². The molecular weight excluding hydrogens is 972 g/mol. The number of quaternary nitrogens is 1. The third-order valence-electron chi connectivity index (χ3n) is 16.2. The van der Waals surface area contributed by atoms with Gasteiger partial charge in [0.25, 0.3) is 7.82 Å². The number of likely N-dealkylation sites (N-methyl/N-ethyl adjacent to an activating group) is 1. The van der Waals surface area contributed by atoms with Crippen LogP contribution in [-0.4, -0.2) is 68.5 Å². The van der Waals surface area contributed by atoms with Gasteiger partial charge < -0.3 is 28.8 Å². The number of aliphatic hydroxyl groups excluding tert-OH is 1. The number of aliphatic hydroxyl groups is 1. The number of hydrogen-bond donors (Lipinski definition) is 2.